The van der Waals surface area contributed by atoms with Gasteiger partial charge in [-0.15, -0.1) is 0 Å². The molecule has 22 valence electrons. The molecule has 0 N–H and O–H groups in total. The van der Waals surface area contributed by atoms with Gasteiger partial charge in [0.25, 0.3) is 0 Å². The van der Waals surface area contributed by atoms with Gasteiger partial charge >= 0.3 is 0 Å². The first kappa shape index (κ1) is 12.0. The first-order valence-corrected chi connectivity index (χ1v) is 1.15. The molecule has 0 aliphatic rings. The Bertz CT molecular complexity index is 3.25. The summed E-state index contributed by atoms with van der Waals surface area (Å²) < 4.78 is 0. The van der Waals surface area contributed by atoms with Crippen molar-refractivity contribution in [1.82, 2.24) is 0 Å². The summed E-state index contributed by atoms with van der Waals surface area (Å²) in [5, 5.41) is 0. The van der Waals surface area contributed by atoms with Crippen LogP contribution in [-0.4, -0.2) is 0 Å². The second kappa shape index (κ2) is 0. The fourth-order valence-corrected chi connectivity index (χ4v) is 0. The molecule has 0 bridgehead atoms. The smallest absolute Gasteiger partial charge is 0 e. The predicted octanol–water partition coefficient (Wildman–Crippen LogP) is 1.23. The number of hydrogen-bond donors (Lipinski definition) is 0. The van der Waals surface area contributed by atoms with E-state index >= 15 is 0 Å². The zero-order valence-corrected chi connectivity index (χ0v) is 9.68. The van der Waals surface area contributed by atoms with Crippen molar-refractivity contribution in [3.63, 3.8) is 0 Å². The molecule has 0 aliphatic heterocycles. The Kier molecular flexibility index (Phi) is 0. The van der Waals surface area contributed by atoms with Gasteiger partial charge in [-0.1, -0.05) is 0 Å². The maximum Gasteiger partial charge on any atom is 0 e. The zero-order chi connectivity index (χ0) is 2.71. The molecule has 0 heterocycles. The summed E-state index contributed by atoms with van der Waals surface area (Å²) in [5.74, 6) is 0. The molecule has 0 unspecified atom stereocenters. The van der Waals surface area contributed by atoms with Crippen LogP contribution in [-0.2, 0) is 0 Å². The molecule has 0 aromatic rings. The first-order chi connectivity index (χ1) is 1.41. The Morgan fingerprint density at radius 2 is 1.25 bits per heavy atom. The van der Waals surface area contributed by atoms with Gasteiger partial charge in [0.05, 0.1) is 0 Å². The second-order valence-electron chi connectivity index (χ2n) is 0.577. The average molecular weight is 310 g/mol. The van der Waals surface area contributed by atoms with Gasteiger partial charge in [0.2, 0.25) is 0 Å². The Labute approximate surface area is 21.5 Å². The van der Waals surface area contributed by atoms with E-state index in [1.165, 1.54) is 0 Å². The molecule has 4 heavy (non-hydrogen) atoms. The monoisotopic (exact) mass is 310 g/mol. The van der Waals surface area contributed by atoms with Crippen molar-refractivity contribution in [1.29, 1.82) is 0 Å². The van der Waals surface area contributed by atoms with Gasteiger partial charge in [-0.3, -0.25) is 0 Å². The number of hydrogen-bond acceptors (Lipinski definition) is 0. The van der Waals surface area contributed by atoms with E-state index in [0.29, 0.717) is 0 Å². The van der Waals surface area contributed by atoms with Gasteiger partial charge in [0.15, 0.2) is 0 Å². The third-order valence-electron chi connectivity index (χ3n) is 0. The maximum atomic E-state index is 2.00. The minimum Gasteiger partial charge on any atom is -0.335 e. The van der Waals surface area contributed by atoms with Crippen LogP contribution in [0, 0.1) is 6.42 Å². The van der Waals surface area contributed by atoms with Crippen molar-refractivity contribution in [3.05, 3.63) is 6.42 Å². The molecular formula is C3H7Rf-. The van der Waals surface area contributed by atoms with Crippen LogP contribution in [0.5, 0.6) is 0 Å². The van der Waals surface area contributed by atoms with E-state index < -0.39 is 0 Å². The van der Waals surface area contributed by atoms with Crippen molar-refractivity contribution < 1.29 is 0 Å². The van der Waals surface area contributed by atoms with Gasteiger partial charge in [0, 0.05) is 0 Å². The minimum atomic E-state index is 0. The van der Waals surface area contributed by atoms with Crippen LogP contribution < -0.4 is 0 Å². The van der Waals surface area contributed by atoms with E-state index in [1.807, 2.05) is 20.3 Å². The standard InChI is InChI=1S/C3H7.Rf/c1-3-2;/h3H,1-2H3;/q-1;. The maximum absolute atomic E-state index is 2.00. The topological polar surface area (TPSA) is 0 Å². The summed E-state index contributed by atoms with van der Waals surface area (Å²) in [6.07, 6.45) is 2.00. The first-order valence-electron chi connectivity index (χ1n) is 1.15. The molecule has 0 spiro atoms. The molecule has 0 aromatic heterocycles. The second-order valence-corrected chi connectivity index (χ2v) is 0.577. The zero-order valence-electron chi connectivity index (χ0n) is 3.28. The van der Waals surface area contributed by atoms with E-state index in [2.05, 4.69) is 0 Å². The molecule has 0 saturated carbocycles. The fourth-order valence-electron chi connectivity index (χ4n) is 0. The van der Waals surface area contributed by atoms with Crippen molar-refractivity contribution in [2.45, 2.75) is 13.8 Å². The predicted molar refractivity (Wildman–Crippen MR) is 15.6 cm³/mol. The van der Waals surface area contributed by atoms with Crippen LogP contribution in [0.2, 0.25) is 0 Å². The van der Waals surface area contributed by atoms with Crippen LogP contribution in [0.25, 0.3) is 0 Å². The SMILES string of the molecule is C[CH-]C.[Rf]. The molecule has 1 heteroatoms. The van der Waals surface area contributed by atoms with Crippen LogP contribution in [0.15, 0.2) is 0 Å². The van der Waals surface area contributed by atoms with Gasteiger partial charge in [-0.2, -0.15) is 13.8 Å². The summed E-state index contributed by atoms with van der Waals surface area (Å²) in [4.78, 5) is 0. The summed E-state index contributed by atoms with van der Waals surface area (Å²) in [6.45, 7) is 4.00. The van der Waals surface area contributed by atoms with Crippen LogP contribution in [0.1, 0.15) is 13.8 Å². The van der Waals surface area contributed by atoms with Gasteiger partial charge in [-0.25, -0.2) is 0 Å². The molecule has 0 aliphatic carbocycles. The Morgan fingerprint density at radius 3 is 1.25 bits per heavy atom. The Hall–Kier alpha value is -1.00. The Balaban J connectivity index is 0. The van der Waals surface area contributed by atoms with Crippen molar-refractivity contribution in [3.8, 4) is 0 Å². The van der Waals surface area contributed by atoms with Gasteiger partial charge in [-0.05, 0) is 0 Å². The van der Waals surface area contributed by atoms with Crippen molar-refractivity contribution in [2.24, 2.45) is 0 Å². The summed E-state index contributed by atoms with van der Waals surface area (Å²) in [5.41, 5.74) is 0. The summed E-state index contributed by atoms with van der Waals surface area (Å²) >= 11 is 0. The average Bonchev–Trinajstić information content (AvgIpc) is 0.918. The fraction of sp³-hybridized carbons (Fsp3) is 0.667. The molecule has 0 nitrogen and oxygen atoms in total. The quantitative estimate of drug-likeness (QED) is 0.591. The molecule has 0 saturated heterocycles. The molecule has 0 aromatic carbocycles. The minimum absolute atomic E-state index is 0. The van der Waals surface area contributed by atoms with E-state index in [4.69, 9.17) is 0 Å². The van der Waals surface area contributed by atoms with Gasteiger partial charge in [0.1, 0.15) is 0 Å². The molecule has 0 rings (SSSR count). The van der Waals surface area contributed by atoms with Gasteiger partial charge < -0.3 is 6.42 Å². The summed E-state index contributed by atoms with van der Waals surface area (Å²) in [7, 11) is 0. The van der Waals surface area contributed by atoms with Crippen LogP contribution in [0.4, 0.5) is 0 Å². The largest absolute Gasteiger partial charge is 0.335 e. The third-order valence-corrected chi connectivity index (χ3v) is 0. The molecule has 0 amide bonds. The van der Waals surface area contributed by atoms with Crippen LogP contribution in [0.3, 0.4) is 0 Å². The van der Waals surface area contributed by atoms with E-state index in [-0.39, 0.29) is 0 Å². The number of rotatable bonds is 0. The normalized spacial score (nSPS) is 4.50. The molecular weight excluding hydrogens is 303 g/mol. The van der Waals surface area contributed by atoms with E-state index in [0.717, 1.165) is 0 Å². The third kappa shape index (κ3) is 0. The Morgan fingerprint density at radius 1 is 1.25 bits per heavy atom. The molecule has 0 atom stereocenters. The van der Waals surface area contributed by atoms with E-state index in [9.17, 15) is 0 Å². The molecule has 0 fully saturated rings. The van der Waals surface area contributed by atoms with Crippen molar-refractivity contribution >= 4 is 0 Å². The molecule has 0 radical (unpaired) electrons. The van der Waals surface area contributed by atoms with Crippen molar-refractivity contribution in [2.75, 3.05) is 0 Å². The van der Waals surface area contributed by atoms with E-state index in [1.54, 1.807) is 0 Å². The van der Waals surface area contributed by atoms with Crippen LogP contribution >= 0.6 is 0 Å². The summed E-state index contributed by atoms with van der Waals surface area (Å²) in [6, 6.07) is 0.